The van der Waals surface area contributed by atoms with Gasteiger partial charge in [0.15, 0.2) is 5.96 Å². The van der Waals surface area contributed by atoms with E-state index in [1.54, 1.807) is 0 Å². The van der Waals surface area contributed by atoms with E-state index in [1.165, 1.54) is 21.3 Å². The van der Waals surface area contributed by atoms with Gasteiger partial charge in [-0.15, -0.1) is 35.3 Å². The van der Waals surface area contributed by atoms with Crippen molar-refractivity contribution in [3.8, 4) is 0 Å². The summed E-state index contributed by atoms with van der Waals surface area (Å²) in [5, 5.41) is 10.4. The van der Waals surface area contributed by atoms with E-state index in [-0.39, 0.29) is 24.0 Å². The third-order valence-corrected chi connectivity index (χ3v) is 6.46. The van der Waals surface area contributed by atoms with E-state index in [1.807, 2.05) is 11.3 Å². The Hall–Kier alpha value is -1.62. The summed E-state index contributed by atoms with van der Waals surface area (Å²) in [6, 6.07) is 13.1. The van der Waals surface area contributed by atoms with Crippen molar-refractivity contribution in [1.29, 1.82) is 0 Å². The molecule has 6 nitrogen and oxygen atoms in total. The summed E-state index contributed by atoms with van der Waals surface area (Å²) >= 11 is 1.81. The molecule has 4 rings (SSSR count). The van der Waals surface area contributed by atoms with Crippen molar-refractivity contribution in [3.63, 3.8) is 0 Å². The van der Waals surface area contributed by atoms with Crippen molar-refractivity contribution >= 4 is 52.2 Å². The molecular formula is C23H32IN5OS. The number of nitrogens with one attached hydrogen (secondary N) is 3. The molecule has 168 valence electrons. The second kappa shape index (κ2) is 12.4. The molecule has 1 aromatic carbocycles. The van der Waals surface area contributed by atoms with Gasteiger partial charge in [-0.25, -0.2) is 0 Å². The van der Waals surface area contributed by atoms with Gasteiger partial charge < -0.3 is 20.4 Å². The van der Waals surface area contributed by atoms with Crippen LogP contribution in [0.4, 0.5) is 0 Å². The molecule has 0 radical (unpaired) electrons. The second-order valence-electron chi connectivity index (χ2n) is 7.44. The Morgan fingerprint density at radius 3 is 2.81 bits per heavy atom. The van der Waals surface area contributed by atoms with Gasteiger partial charge in [0.2, 0.25) is 0 Å². The van der Waals surface area contributed by atoms with Crippen molar-refractivity contribution in [1.82, 2.24) is 20.5 Å². The number of nitrogens with zero attached hydrogens (tertiary/aromatic N) is 2. The fraction of sp³-hybridized carbons (Fsp3) is 0.435. The minimum Gasteiger partial charge on any atom is -0.379 e. The zero-order valence-corrected chi connectivity index (χ0v) is 21.1. The summed E-state index contributed by atoms with van der Waals surface area (Å²) in [6.45, 7) is 8.06. The zero-order chi connectivity index (χ0) is 20.6. The molecule has 1 aliphatic rings. The van der Waals surface area contributed by atoms with E-state index in [9.17, 15) is 0 Å². The number of para-hydroxylation sites is 1. The van der Waals surface area contributed by atoms with Crippen molar-refractivity contribution in [3.05, 3.63) is 58.4 Å². The highest BCUT2D eigenvalue weighted by atomic mass is 127. The van der Waals surface area contributed by atoms with Crippen LogP contribution in [0.3, 0.4) is 0 Å². The molecule has 3 aromatic rings. The SMILES string of the molecule is CCNC(=NCC(c1cccs1)N1CCOCC1)NCCc1c[nH]c2ccccc12.I. The number of aliphatic imine (C=N–C) groups is 1. The number of rotatable bonds is 8. The van der Waals surface area contributed by atoms with E-state index < -0.39 is 0 Å². The summed E-state index contributed by atoms with van der Waals surface area (Å²) in [5.41, 5.74) is 2.52. The summed E-state index contributed by atoms with van der Waals surface area (Å²) in [6.07, 6.45) is 3.06. The molecule has 1 saturated heterocycles. The smallest absolute Gasteiger partial charge is 0.191 e. The van der Waals surface area contributed by atoms with Gasteiger partial charge in [0.05, 0.1) is 25.8 Å². The van der Waals surface area contributed by atoms with Crippen LogP contribution in [-0.4, -0.2) is 61.8 Å². The monoisotopic (exact) mass is 553 g/mol. The number of halogens is 1. The Labute approximate surface area is 205 Å². The van der Waals surface area contributed by atoms with Gasteiger partial charge in [-0.1, -0.05) is 24.3 Å². The van der Waals surface area contributed by atoms with Crippen LogP contribution >= 0.6 is 35.3 Å². The van der Waals surface area contributed by atoms with Crippen molar-refractivity contribution in [2.24, 2.45) is 4.99 Å². The number of thiophene rings is 1. The standard InChI is InChI=1S/C23H31N5OS.HI/c1-2-24-23(25-10-9-18-16-26-20-7-4-3-6-19(18)20)27-17-21(22-8-5-15-30-22)28-11-13-29-14-12-28;/h3-8,15-16,21,26H,2,9-14,17H2,1H3,(H2,24,25,27);1H. The maximum atomic E-state index is 5.55. The topological polar surface area (TPSA) is 64.7 Å². The molecule has 3 N–H and O–H groups in total. The molecule has 0 aliphatic carbocycles. The number of ether oxygens (including phenoxy) is 1. The Bertz CT molecular complexity index is 937. The highest BCUT2D eigenvalue weighted by molar-refractivity contribution is 14.0. The van der Waals surface area contributed by atoms with Crippen molar-refractivity contribution < 1.29 is 4.74 Å². The van der Waals surface area contributed by atoms with Gasteiger partial charge in [-0.2, -0.15) is 0 Å². The molecule has 0 bridgehead atoms. The van der Waals surface area contributed by atoms with Crippen LogP contribution in [0.2, 0.25) is 0 Å². The Morgan fingerprint density at radius 1 is 1.19 bits per heavy atom. The lowest BCUT2D eigenvalue weighted by Gasteiger charge is -2.33. The largest absolute Gasteiger partial charge is 0.379 e. The lowest BCUT2D eigenvalue weighted by Crippen LogP contribution is -2.42. The lowest BCUT2D eigenvalue weighted by molar-refractivity contribution is 0.0186. The Kier molecular flexibility index (Phi) is 9.63. The number of hydrogen-bond donors (Lipinski definition) is 3. The molecule has 1 aliphatic heterocycles. The highest BCUT2D eigenvalue weighted by Crippen LogP contribution is 2.26. The Morgan fingerprint density at radius 2 is 2.03 bits per heavy atom. The van der Waals surface area contributed by atoms with Crippen LogP contribution in [0.1, 0.15) is 23.4 Å². The molecule has 8 heteroatoms. The van der Waals surface area contributed by atoms with E-state index in [2.05, 4.69) is 75.4 Å². The molecule has 1 atom stereocenters. The molecule has 0 amide bonds. The summed E-state index contributed by atoms with van der Waals surface area (Å²) in [4.78, 5) is 12.2. The number of fused-ring (bicyclic) bond motifs is 1. The third kappa shape index (κ3) is 6.44. The van der Waals surface area contributed by atoms with Crippen molar-refractivity contribution in [2.45, 2.75) is 19.4 Å². The molecule has 3 heterocycles. The molecule has 1 fully saturated rings. The fourth-order valence-electron chi connectivity index (χ4n) is 3.93. The van der Waals surface area contributed by atoms with E-state index >= 15 is 0 Å². The normalized spacial score (nSPS) is 16.1. The van der Waals surface area contributed by atoms with Gasteiger partial charge >= 0.3 is 0 Å². The quantitative estimate of drug-likeness (QED) is 0.224. The minimum atomic E-state index is 0. The minimum absolute atomic E-state index is 0. The fourth-order valence-corrected chi connectivity index (χ4v) is 4.78. The summed E-state index contributed by atoms with van der Waals surface area (Å²) < 4.78 is 5.55. The van der Waals surface area contributed by atoms with Crippen LogP contribution in [0.5, 0.6) is 0 Å². The maximum Gasteiger partial charge on any atom is 0.191 e. The average molecular weight is 554 g/mol. The molecule has 0 saturated carbocycles. The average Bonchev–Trinajstić information content (AvgIpc) is 3.45. The van der Waals surface area contributed by atoms with Gasteiger partial charge in [0.25, 0.3) is 0 Å². The number of morpholine rings is 1. The zero-order valence-electron chi connectivity index (χ0n) is 18.0. The van der Waals surface area contributed by atoms with Crippen LogP contribution in [-0.2, 0) is 11.2 Å². The number of benzene rings is 1. The van der Waals surface area contributed by atoms with Crippen molar-refractivity contribution in [2.75, 3.05) is 45.9 Å². The maximum absolute atomic E-state index is 5.55. The van der Waals surface area contributed by atoms with Gasteiger partial charge in [-0.3, -0.25) is 9.89 Å². The van der Waals surface area contributed by atoms with E-state index in [0.717, 1.165) is 58.3 Å². The predicted molar refractivity (Wildman–Crippen MR) is 141 cm³/mol. The molecule has 31 heavy (non-hydrogen) atoms. The number of aromatic amines is 1. The lowest BCUT2D eigenvalue weighted by atomic mass is 10.1. The number of H-pyrrole nitrogens is 1. The number of hydrogen-bond acceptors (Lipinski definition) is 4. The first kappa shape index (κ1) is 24.0. The van der Waals surface area contributed by atoms with Crippen LogP contribution in [0.15, 0.2) is 53.0 Å². The highest BCUT2D eigenvalue weighted by Gasteiger charge is 2.23. The Balaban J connectivity index is 0.00000272. The predicted octanol–water partition coefficient (Wildman–Crippen LogP) is 4.02. The first-order chi connectivity index (χ1) is 14.8. The summed E-state index contributed by atoms with van der Waals surface area (Å²) in [7, 11) is 0. The number of guanidine groups is 1. The van der Waals surface area contributed by atoms with Crippen LogP contribution < -0.4 is 10.6 Å². The van der Waals surface area contributed by atoms with E-state index in [4.69, 9.17) is 9.73 Å². The molecule has 1 unspecified atom stereocenters. The first-order valence-electron chi connectivity index (χ1n) is 10.8. The van der Waals surface area contributed by atoms with Gasteiger partial charge in [0.1, 0.15) is 0 Å². The van der Waals surface area contributed by atoms with Gasteiger partial charge in [-0.05, 0) is 36.4 Å². The van der Waals surface area contributed by atoms with Crippen LogP contribution in [0, 0.1) is 0 Å². The third-order valence-electron chi connectivity index (χ3n) is 5.49. The molecule has 0 spiro atoms. The molecular weight excluding hydrogens is 521 g/mol. The van der Waals surface area contributed by atoms with E-state index in [0.29, 0.717) is 6.04 Å². The summed E-state index contributed by atoms with van der Waals surface area (Å²) in [5.74, 6) is 0.882. The second-order valence-corrected chi connectivity index (χ2v) is 8.41. The molecule has 2 aromatic heterocycles. The van der Waals surface area contributed by atoms with Crippen LogP contribution in [0.25, 0.3) is 10.9 Å². The number of aromatic nitrogens is 1. The first-order valence-corrected chi connectivity index (χ1v) is 11.7. The van der Waals surface area contributed by atoms with Gasteiger partial charge in [0, 0.05) is 48.2 Å².